The molecule has 0 radical (unpaired) electrons. The van der Waals surface area contributed by atoms with E-state index in [1.165, 1.54) is 11.1 Å². The van der Waals surface area contributed by atoms with Gasteiger partial charge in [0.2, 0.25) is 0 Å². The van der Waals surface area contributed by atoms with Gasteiger partial charge in [0, 0.05) is 12.5 Å². The largest absolute Gasteiger partial charge is 0.391 e. The van der Waals surface area contributed by atoms with Gasteiger partial charge in [-0.15, -0.1) is 0 Å². The molecular weight excluding hydrogens is 250 g/mol. The Labute approximate surface area is 120 Å². The number of nitriles is 1. The van der Waals surface area contributed by atoms with Crippen LogP contribution in [0.15, 0.2) is 24.3 Å². The zero-order valence-electron chi connectivity index (χ0n) is 11.7. The highest BCUT2D eigenvalue weighted by molar-refractivity contribution is 5.33. The molecule has 1 heterocycles. The molecular formula is C17H21NO2. The molecule has 1 aliphatic heterocycles. The Morgan fingerprint density at radius 2 is 2.15 bits per heavy atom. The van der Waals surface area contributed by atoms with Crippen molar-refractivity contribution in [2.24, 2.45) is 11.3 Å². The normalized spacial score (nSPS) is 31.1. The molecule has 0 amide bonds. The minimum atomic E-state index is -0.639. The summed E-state index contributed by atoms with van der Waals surface area (Å²) >= 11 is 0. The fourth-order valence-corrected chi connectivity index (χ4v) is 3.64. The number of benzene rings is 1. The molecule has 2 aliphatic rings. The smallest absolute Gasteiger partial charge is 0.0879 e. The molecule has 3 unspecified atom stereocenters. The van der Waals surface area contributed by atoms with Gasteiger partial charge in [-0.1, -0.05) is 24.3 Å². The minimum absolute atomic E-state index is 0.105. The number of aliphatic hydroxyl groups is 1. The second kappa shape index (κ2) is 5.55. The molecule has 1 aromatic rings. The molecule has 3 nitrogen and oxygen atoms in total. The first kappa shape index (κ1) is 13.6. The van der Waals surface area contributed by atoms with Crippen LogP contribution in [0.25, 0.3) is 0 Å². The molecule has 0 spiro atoms. The van der Waals surface area contributed by atoms with Crippen LogP contribution >= 0.6 is 0 Å². The highest BCUT2D eigenvalue weighted by Crippen LogP contribution is 2.41. The van der Waals surface area contributed by atoms with Crippen LogP contribution < -0.4 is 0 Å². The first-order valence-corrected chi connectivity index (χ1v) is 7.49. The van der Waals surface area contributed by atoms with E-state index in [-0.39, 0.29) is 5.92 Å². The van der Waals surface area contributed by atoms with E-state index in [9.17, 15) is 10.4 Å². The van der Waals surface area contributed by atoms with Crippen LogP contribution in [0.2, 0.25) is 0 Å². The van der Waals surface area contributed by atoms with Gasteiger partial charge in [0.1, 0.15) is 0 Å². The lowest BCUT2D eigenvalue weighted by molar-refractivity contribution is -0.0562. The molecule has 0 saturated carbocycles. The summed E-state index contributed by atoms with van der Waals surface area (Å²) in [6, 6.07) is 10.7. The van der Waals surface area contributed by atoms with Crippen LogP contribution in [-0.2, 0) is 17.6 Å². The van der Waals surface area contributed by atoms with Crippen molar-refractivity contribution in [3.63, 3.8) is 0 Å². The van der Waals surface area contributed by atoms with E-state index in [4.69, 9.17) is 4.74 Å². The number of rotatable bonds is 2. The third kappa shape index (κ3) is 2.34. The summed E-state index contributed by atoms with van der Waals surface area (Å²) in [5.41, 5.74) is 1.90. The van der Waals surface area contributed by atoms with Gasteiger partial charge in [0.15, 0.2) is 0 Å². The summed E-state index contributed by atoms with van der Waals surface area (Å²) < 4.78 is 5.48. The summed E-state index contributed by atoms with van der Waals surface area (Å²) in [5.74, 6) is 0.105. The molecule has 1 fully saturated rings. The molecule has 20 heavy (non-hydrogen) atoms. The Bertz CT molecular complexity index is 516. The van der Waals surface area contributed by atoms with Crippen LogP contribution in [0, 0.1) is 22.7 Å². The van der Waals surface area contributed by atoms with E-state index >= 15 is 0 Å². The van der Waals surface area contributed by atoms with Gasteiger partial charge < -0.3 is 9.84 Å². The second-order valence-corrected chi connectivity index (χ2v) is 6.14. The highest BCUT2D eigenvalue weighted by atomic mass is 16.5. The fourth-order valence-electron chi connectivity index (χ4n) is 3.64. The summed E-state index contributed by atoms with van der Waals surface area (Å²) in [5, 5.41) is 20.5. The number of aliphatic hydroxyl groups excluding tert-OH is 1. The third-order valence-corrected chi connectivity index (χ3v) is 4.90. The van der Waals surface area contributed by atoms with Crippen molar-refractivity contribution in [3.05, 3.63) is 35.4 Å². The average molecular weight is 271 g/mol. The molecule has 0 bridgehead atoms. The van der Waals surface area contributed by atoms with Crippen LogP contribution in [0.1, 0.15) is 30.4 Å². The number of nitrogens with zero attached hydrogens (tertiary/aromatic N) is 1. The van der Waals surface area contributed by atoms with Gasteiger partial charge in [0.05, 0.1) is 24.2 Å². The van der Waals surface area contributed by atoms with E-state index in [1.807, 2.05) is 12.1 Å². The van der Waals surface area contributed by atoms with Crippen molar-refractivity contribution in [2.75, 3.05) is 13.2 Å². The van der Waals surface area contributed by atoms with Crippen molar-refractivity contribution in [1.29, 1.82) is 5.26 Å². The van der Waals surface area contributed by atoms with Crippen LogP contribution in [-0.4, -0.2) is 24.4 Å². The van der Waals surface area contributed by atoms with Crippen molar-refractivity contribution in [1.82, 2.24) is 0 Å². The summed E-state index contributed by atoms with van der Waals surface area (Å²) in [6.45, 7) is 1.37. The Balaban J connectivity index is 1.84. The summed E-state index contributed by atoms with van der Waals surface area (Å²) in [7, 11) is 0. The molecule has 1 aliphatic carbocycles. The van der Waals surface area contributed by atoms with E-state index in [0.717, 1.165) is 32.3 Å². The van der Waals surface area contributed by atoms with Crippen LogP contribution in [0.5, 0.6) is 0 Å². The maximum Gasteiger partial charge on any atom is 0.0879 e. The molecule has 1 aromatic carbocycles. The lowest BCUT2D eigenvalue weighted by Crippen LogP contribution is -2.45. The molecule has 0 aromatic heterocycles. The predicted molar refractivity (Wildman–Crippen MR) is 76.1 cm³/mol. The number of ether oxygens (including phenoxy) is 1. The predicted octanol–water partition coefficient (Wildman–Crippen LogP) is 2.47. The SMILES string of the molecule is N#CC1(C(O)C2CCCOC2)CCc2ccccc2C1. The van der Waals surface area contributed by atoms with Crippen LogP contribution in [0.4, 0.5) is 0 Å². The Hall–Kier alpha value is -1.37. The standard InChI is InChI=1S/C17H21NO2/c18-12-17(16(19)15-6-3-9-20-11-15)8-7-13-4-1-2-5-14(13)10-17/h1-2,4-5,15-16,19H,3,6-11H2. The Kier molecular flexibility index (Phi) is 3.78. The third-order valence-electron chi connectivity index (χ3n) is 4.90. The van der Waals surface area contributed by atoms with Crippen LogP contribution in [0.3, 0.4) is 0 Å². The number of hydrogen-bond donors (Lipinski definition) is 1. The Morgan fingerprint density at radius 3 is 2.85 bits per heavy atom. The van der Waals surface area contributed by atoms with Gasteiger partial charge in [-0.3, -0.25) is 0 Å². The molecule has 106 valence electrons. The van der Waals surface area contributed by atoms with E-state index < -0.39 is 11.5 Å². The van der Waals surface area contributed by atoms with Gasteiger partial charge in [-0.05, 0) is 43.2 Å². The van der Waals surface area contributed by atoms with E-state index in [0.29, 0.717) is 13.0 Å². The van der Waals surface area contributed by atoms with E-state index in [1.54, 1.807) is 0 Å². The molecule has 3 rings (SSSR count). The monoisotopic (exact) mass is 271 g/mol. The molecule has 1 N–H and O–H groups in total. The first-order chi connectivity index (χ1) is 9.75. The zero-order chi connectivity index (χ0) is 14.0. The Morgan fingerprint density at radius 1 is 1.35 bits per heavy atom. The summed E-state index contributed by atoms with van der Waals surface area (Å²) in [4.78, 5) is 0. The zero-order valence-corrected chi connectivity index (χ0v) is 11.7. The van der Waals surface area contributed by atoms with Gasteiger partial charge in [-0.2, -0.15) is 5.26 Å². The molecule has 3 atom stereocenters. The van der Waals surface area contributed by atoms with E-state index in [2.05, 4.69) is 18.2 Å². The number of hydrogen-bond acceptors (Lipinski definition) is 3. The van der Waals surface area contributed by atoms with Crippen molar-refractivity contribution < 1.29 is 9.84 Å². The van der Waals surface area contributed by atoms with Crippen molar-refractivity contribution >= 4 is 0 Å². The highest BCUT2D eigenvalue weighted by Gasteiger charge is 2.44. The van der Waals surface area contributed by atoms with Crippen molar-refractivity contribution in [2.45, 2.75) is 38.2 Å². The lowest BCUT2D eigenvalue weighted by atomic mass is 9.65. The average Bonchev–Trinajstić information content (AvgIpc) is 2.54. The quantitative estimate of drug-likeness (QED) is 0.899. The van der Waals surface area contributed by atoms with Gasteiger partial charge in [0.25, 0.3) is 0 Å². The van der Waals surface area contributed by atoms with Crippen molar-refractivity contribution in [3.8, 4) is 6.07 Å². The lowest BCUT2D eigenvalue weighted by Gasteiger charge is -2.40. The van der Waals surface area contributed by atoms with Gasteiger partial charge >= 0.3 is 0 Å². The summed E-state index contributed by atoms with van der Waals surface area (Å²) in [6.07, 6.45) is 3.66. The minimum Gasteiger partial charge on any atom is -0.391 e. The topological polar surface area (TPSA) is 53.2 Å². The second-order valence-electron chi connectivity index (χ2n) is 6.14. The first-order valence-electron chi connectivity index (χ1n) is 7.49. The number of aryl methyl sites for hydroxylation is 1. The fraction of sp³-hybridized carbons (Fsp3) is 0.588. The molecule has 1 saturated heterocycles. The number of fused-ring (bicyclic) bond motifs is 1. The van der Waals surface area contributed by atoms with Gasteiger partial charge in [-0.25, -0.2) is 0 Å². The molecule has 3 heteroatoms. The maximum absolute atomic E-state index is 10.8. The maximum atomic E-state index is 10.8.